The summed E-state index contributed by atoms with van der Waals surface area (Å²) >= 11 is 0. The number of hydrogen-bond acceptors (Lipinski definition) is 6. The van der Waals surface area contributed by atoms with Crippen LogP contribution in [0.1, 0.15) is 29.6 Å². The van der Waals surface area contributed by atoms with Crippen molar-refractivity contribution in [1.29, 1.82) is 0 Å². The zero-order valence-corrected chi connectivity index (χ0v) is 16.3. The summed E-state index contributed by atoms with van der Waals surface area (Å²) in [6, 6.07) is 16.7. The van der Waals surface area contributed by atoms with Gasteiger partial charge in [-0.2, -0.15) is 9.67 Å². The van der Waals surface area contributed by atoms with Gasteiger partial charge in [0.2, 0.25) is 5.95 Å². The molecule has 1 saturated heterocycles. The third-order valence-electron chi connectivity index (χ3n) is 4.96. The highest BCUT2D eigenvalue weighted by Crippen LogP contribution is 2.18. The molecule has 29 heavy (non-hydrogen) atoms. The molecule has 3 aromatic rings. The maximum absolute atomic E-state index is 12.4. The Kier molecular flexibility index (Phi) is 6.16. The highest BCUT2D eigenvalue weighted by molar-refractivity contribution is 5.95. The molecule has 2 aromatic carbocycles. The summed E-state index contributed by atoms with van der Waals surface area (Å²) in [5, 5.41) is 7.32. The molecule has 150 valence electrons. The van der Waals surface area contributed by atoms with Crippen molar-refractivity contribution < 1.29 is 9.53 Å². The van der Waals surface area contributed by atoms with Gasteiger partial charge in [0.05, 0.1) is 0 Å². The van der Waals surface area contributed by atoms with Gasteiger partial charge < -0.3 is 10.1 Å². The van der Waals surface area contributed by atoms with Crippen LogP contribution in [-0.4, -0.2) is 51.8 Å². The Labute approximate surface area is 170 Å². The minimum Gasteiger partial charge on any atom is -0.492 e. The van der Waals surface area contributed by atoms with E-state index in [0.717, 1.165) is 18.0 Å². The number of ether oxygens (including phenoxy) is 1. The molecule has 4 rings (SSSR count). The fourth-order valence-corrected chi connectivity index (χ4v) is 3.37. The molecule has 0 atom stereocenters. The Hall–Kier alpha value is -3.19. The van der Waals surface area contributed by atoms with Gasteiger partial charge in [-0.1, -0.05) is 24.6 Å². The van der Waals surface area contributed by atoms with Crippen LogP contribution in [0.25, 0.3) is 0 Å². The lowest BCUT2D eigenvalue weighted by molar-refractivity contribution is 0.0945. The average Bonchev–Trinajstić information content (AvgIpc) is 3.24. The van der Waals surface area contributed by atoms with E-state index in [4.69, 9.17) is 4.74 Å². The van der Waals surface area contributed by atoms with Crippen molar-refractivity contribution in [1.82, 2.24) is 19.7 Å². The van der Waals surface area contributed by atoms with Crippen molar-refractivity contribution in [2.45, 2.75) is 19.3 Å². The Balaban J connectivity index is 1.29. The molecule has 0 spiro atoms. The Morgan fingerprint density at radius 1 is 1.00 bits per heavy atom. The average molecular weight is 391 g/mol. The van der Waals surface area contributed by atoms with Gasteiger partial charge in [-0.25, -0.2) is 0 Å². The van der Waals surface area contributed by atoms with E-state index in [0.29, 0.717) is 18.1 Å². The molecule has 0 bridgehead atoms. The van der Waals surface area contributed by atoms with Crippen molar-refractivity contribution in [3.8, 4) is 5.75 Å². The van der Waals surface area contributed by atoms with Crippen LogP contribution in [0.15, 0.2) is 60.9 Å². The van der Waals surface area contributed by atoms with E-state index in [1.165, 1.54) is 43.4 Å². The summed E-state index contributed by atoms with van der Waals surface area (Å²) in [4.78, 5) is 19.0. The van der Waals surface area contributed by atoms with E-state index in [1.807, 2.05) is 42.5 Å². The monoisotopic (exact) mass is 391 g/mol. The first-order valence-electron chi connectivity index (χ1n) is 10.0. The van der Waals surface area contributed by atoms with Gasteiger partial charge in [-0.15, -0.1) is 5.10 Å². The molecule has 1 aliphatic rings. The second-order valence-electron chi connectivity index (χ2n) is 7.08. The number of rotatable bonds is 7. The number of likely N-dealkylation sites (tertiary alicyclic amines) is 1. The molecular weight excluding hydrogens is 366 g/mol. The van der Waals surface area contributed by atoms with Crippen LogP contribution in [0.3, 0.4) is 0 Å². The van der Waals surface area contributed by atoms with E-state index in [1.54, 1.807) is 12.1 Å². The van der Waals surface area contributed by atoms with Crippen molar-refractivity contribution in [2.75, 3.05) is 31.6 Å². The molecule has 1 aliphatic heterocycles. The first kappa shape index (κ1) is 19.1. The lowest BCUT2D eigenvalue weighted by Crippen LogP contribution is -2.33. The fraction of sp³-hybridized carbons (Fsp3) is 0.318. The summed E-state index contributed by atoms with van der Waals surface area (Å²) in [5.41, 5.74) is 1.40. The van der Waals surface area contributed by atoms with E-state index in [-0.39, 0.29) is 5.91 Å². The second kappa shape index (κ2) is 9.34. The summed E-state index contributed by atoms with van der Waals surface area (Å²) in [7, 11) is 0. The minimum absolute atomic E-state index is 0.219. The third kappa shape index (κ3) is 5.20. The predicted octanol–water partition coefficient (Wildman–Crippen LogP) is 3.57. The van der Waals surface area contributed by atoms with Crippen molar-refractivity contribution in [3.05, 3.63) is 66.5 Å². The predicted molar refractivity (Wildman–Crippen MR) is 112 cm³/mol. The van der Waals surface area contributed by atoms with Crippen LogP contribution in [0, 0.1) is 0 Å². The van der Waals surface area contributed by atoms with Crippen LogP contribution in [0.2, 0.25) is 0 Å². The highest BCUT2D eigenvalue weighted by Gasteiger charge is 2.11. The maximum Gasteiger partial charge on any atom is 0.279 e. The molecule has 7 heteroatoms. The molecule has 0 radical (unpaired) electrons. The van der Waals surface area contributed by atoms with Gasteiger partial charge in [0, 0.05) is 17.8 Å². The van der Waals surface area contributed by atoms with Crippen LogP contribution in [0.4, 0.5) is 11.6 Å². The first-order chi connectivity index (χ1) is 14.3. The number of nitrogens with zero attached hydrogens (tertiary/aromatic N) is 4. The zero-order valence-electron chi connectivity index (χ0n) is 16.3. The standard InChI is InChI=1S/C22H25N5O2/c28-21(18-7-3-1-4-8-18)27-17-23-22(25-27)24-19-9-11-20(12-10-19)29-16-15-26-13-5-2-6-14-26/h1,3-4,7-12,17H,2,5-6,13-16H2,(H,24,25). The van der Waals surface area contributed by atoms with Crippen LogP contribution >= 0.6 is 0 Å². The van der Waals surface area contributed by atoms with Gasteiger partial charge in [-0.05, 0) is 62.3 Å². The van der Waals surface area contributed by atoms with Crippen molar-refractivity contribution in [3.63, 3.8) is 0 Å². The number of nitrogens with one attached hydrogen (secondary N) is 1. The quantitative estimate of drug-likeness (QED) is 0.664. The van der Waals surface area contributed by atoms with Gasteiger partial charge in [0.25, 0.3) is 5.91 Å². The third-order valence-corrected chi connectivity index (χ3v) is 4.96. The SMILES string of the molecule is O=C(c1ccccc1)n1cnc(Nc2ccc(OCCN3CCCCC3)cc2)n1. The molecule has 1 fully saturated rings. The fourth-order valence-electron chi connectivity index (χ4n) is 3.37. The van der Waals surface area contributed by atoms with Crippen LogP contribution in [0.5, 0.6) is 5.75 Å². The van der Waals surface area contributed by atoms with E-state index in [2.05, 4.69) is 20.3 Å². The number of aromatic nitrogens is 3. The number of carbonyl (C=O) groups excluding carboxylic acids is 1. The summed E-state index contributed by atoms with van der Waals surface area (Å²) in [6.45, 7) is 4.02. The lowest BCUT2D eigenvalue weighted by Gasteiger charge is -2.26. The zero-order chi connectivity index (χ0) is 19.9. The minimum atomic E-state index is -0.219. The van der Waals surface area contributed by atoms with E-state index >= 15 is 0 Å². The topological polar surface area (TPSA) is 72.3 Å². The summed E-state index contributed by atoms with van der Waals surface area (Å²) in [6.07, 6.45) is 5.34. The van der Waals surface area contributed by atoms with Gasteiger partial charge in [0.15, 0.2) is 0 Å². The second-order valence-corrected chi connectivity index (χ2v) is 7.08. The number of benzene rings is 2. The van der Waals surface area contributed by atoms with Gasteiger partial charge >= 0.3 is 0 Å². The number of hydrogen-bond donors (Lipinski definition) is 1. The Morgan fingerprint density at radius 2 is 1.76 bits per heavy atom. The molecule has 2 heterocycles. The Morgan fingerprint density at radius 3 is 2.52 bits per heavy atom. The largest absolute Gasteiger partial charge is 0.492 e. The first-order valence-corrected chi connectivity index (χ1v) is 10.0. The molecule has 1 N–H and O–H groups in total. The highest BCUT2D eigenvalue weighted by atomic mass is 16.5. The normalized spacial score (nSPS) is 14.5. The van der Waals surface area contributed by atoms with Crippen LogP contribution in [-0.2, 0) is 0 Å². The molecule has 0 unspecified atom stereocenters. The molecule has 1 aromatic heterocycles. The van der Waals surface area contributed by atoms with Gasteiger partial charge in [-0.3, -0.25) is 9.69 Å². The Bertz CT molecular complexity index is 918. The summed E-state index contributed by atoms with van der Waals surface area (Å²) in [5.74, 6) is 0.988. The van der Waals surface area contributed by atoms with Gasteiger partial charge in [0.1, 0.15) is 18.7 Å². The number of anilines is 2. The van der Waals surface area contributed by atoms with Crippen molar-refractivity contribution in [2.24, 2.45) is 0 Å². The van der Waals surface area contributed by atoms with E-state index < -0.39 is 0 Å². The number of carbonyl (C=O) groups is 1. The van der Waals surface area contributed by atoms with Crippen molar-refractivity contribution >= 4 is 17.5 Å². The molecular formula is C22H25N5O2. The smallest absolute Gasteiger partial charge is 0.279 e. The molecule has 0 aliphatic carbocycles. The lowest BCUT2D eigenvalue weighted by atomic mass is 10.1. The maximum atomic E-state index is 12.4. The molecule has 0 saturated carbocycles. The molecule has 7 nitrogen and oxygen atoms in total. The van der Waals surface area contributed by atoms with E-state index in [9.17, 15) is 4.79 Å². The summed E-state index contributed by atoms with van der Waals surface area (Å²) < 4.78 is 7.08. The number of piperidine rings is 1. The molecule has 0 amide bonds. The van der Waals surface area contributed by atoms with Crippen LogP contribution < -0.4 is 10.1 Å².